The topological polar surface area (TPSA) is 95.9 Å². The molecule has 10 nitrogen and oxygen atoms in total. The molecule has 2 aromatic rings. The molecule has 1 saturated heterocycles. The Kier molecular flexibility index (Phi) is 8.33. The van der Waals surface area contributed by atoms with Crippen molar-refractivity contribution in [2.24, 2.45) is 5.10 Å². The number of morpholine rings is 1. The zero-order valence-electron chi connectivity index (χ0n) is 22.9. The number of fused-ring (bicyclic) bond motifs is 1. The molecule has 208 valence electrons. The number of carbonyl (C=O) groups is 2. The standard InChI is InChI=1S/C29H37N5O5/c1-4-30-29(36)33(10-9-32-11-13-37-14-12-32)18-28(35)34-25(23-7-8-26-27(16-23)39-19-38-26)17-24(31-34)22-6-5-20(2)21(3)15-22/h5-8,15-16,25H,4,9-14,17-19H2,1-3H3,(H,30,36)/t25-/m1/s1. The van der Waals surface area contributed by atoms with E-state index in [1.807, 2.05) is 25.1 Å². The van der Waals surface area contributed by atoms with Gasteiger partial charge in [0.1, 0.15) is 6.54 Å². The summed E-state index contributed by atoms with van der Waals surface area (Å²) < 4.78 is 16.5. The van der Waals surface area contributed by atoms with Crippen LogP contribution >= 0.6 is 0 Å². The van der Waals surface area contributed by atoms with Crippen LogP contribution in [-0.2, 0) is 9.53 Å². The summed E-state index contributed by atoms with van der Waals surface area (Å²) in [6, 6.07) is 11.4. The van der Waals surface area contributed by atoms with Gasteiger partial charge in [-0.2, -0.15) is 5.10 Å². The van der Waals surface area contributed by atoms with Crippen LogP contribution in [0.3, 0.4) is 0 Å². The first-order chi connectivity index (χ1) is 18.9. The van der Waals surface area contributed by atoms with Crippen LogP contribution in [0.25, 0.3) is 0 Å². The average Bonchev–Trinajstić information content (AvgIpc) is 3.60. The van der Waals surface area contributed by atoms with E-state index in [-0.39, 0.29) is 31.3 Å². The smallest absolute Gasteiger partial charge is 0.317 e. The summed E-state index contributed by atoms with van der Waals surface area (Å²) in [6.07, 6.45) is 0.558. The zero-order chi connectivity index (χ0) is 27.4. The van der Waals surface area contributed by atoms with Gasteiger partial charge in [0.15, 0.2) is 11.5 Å². The van der Waals surface area contributed by atoms with Crippen LogP contribution in [0.5, 0.6) is 11.5 Å². The molecule has 3 aliphatic rings. The first-order valence-electron chi connectivity index (χ1n) is 13.6. The van der Waals surface area contributed by atoms with Crippen molar-refractivity contribution in [3.63, 3.8) is 0 Å². The highest BCUT2D eigenvalue weighted by Crippen LogP contribution is 2.39. The molecule has 3 heterocycles. The minimum atomic E-state index is -0.320. The number of aryl methyl sites for hydroxylation is 2. The molecule has 2 aromatic carbocycles. The molecule has 0 unspecified atom stereocenters. The summed E-state index contributed by atoms with van der Waals surface area (Å²) in [4.78, 5) is 30.6. The van der Waals surface area contributed by atoms with Gasteiger partial charge in [0.25, 0.3) is 5.91 Å². The van der Waals surface area contributed by atoms with Crippen molar-refractivity contribution in [3.05, 3.63) is 58.7 Å². The van der Waals surface area contributed by atoms with E-state index in [4.69, 9.17) is 19.3 Å². The van der Waals surface area contributed by atoms with Gasteiger partial charge in [-0.3, -0.25) is 9.69 Å². The van der Waals surface area contributed by atoms with Crippen molar-refractivity contribution in [2.75, 3.05) is 59.3 Å². The minimum absolute atomic E-state index is 0.0685. The second kappa shape index (κ2) is 12.0. The van der Waals surface area contributed by atoms with Gasteiger partial charge >= 0.3 is 6.03 Å². The van der Waals surface area contributed by atoms with Crippen molar-refractivity contribution in [3.8, 4) is 11.5 Å². The maximum absolute atomic E-state index is 13.8. The maximum Gasteiger partial charge on any atom is 0.317 e. The Morgan fingerprint density at radius 1 is 1.05 bits per heavy atom. The van der Waals surface area contributed by atoms with Crippen molar-refractivity contribution >= 4 is 17.6 Å². The number of hydrazone groups is 1. The van der Waals surface area contributed by atoms with Crippen molar-refractivity contribution in [2.45, 2.75) is 33.2 Å². The van der Waals surface area contributed by atoms with E-state index in [9.17, 15) is 9.59 Å². The van der Waals surface area contributed by atoms with Crippen molar-refractivity contribution < 1.29 is 23.8 Å². The van der Waals surface area contributed by atoms with Gasteiger partial charge in [0.05, 0.1) is 25.0 Å². The number of ether oxygens (including phenoxy) is 3. The third-order valence-corrected chi connectivity index (χ3v) is 7.52. The average molecular weight is 536 g/mol. The summed E-state index contributed by atoms with van der Waals surface area (Å²) in [6.45, 7) is 10.7. The SMILES string of the molecule is CCNC(=O)N(CCN1CCOCC1)CC(=O)N1N=C(c2ccc(C)c(C)c2)C[C@@H]1c1ccc2c(c1)OCO2. The number of hydrogen-bond acceptors (Lipinski definition) is 7. The number of urea groups is 1. The molecule has 0 spiro atoms. The molecule has 1 fully saturated rings. The molecule has 0 aliphatic carbocycles. The molecule has 3 aliphatic heterocycles. The summed E-state index contributed by atoms with van der Waals surface area (Å²) in [5.74, 6) is 1.12. The second-order valence-corrected chi connectivity index (χ2v) is 10.1. The summed E-state index contributed by atoms with van der Waals surface area (Å²) in [5.41, 5.74) is 5.12. The molecule has 5 rings (SSSR count). The fraction of sp³-hybridized carbons (Fsp3) is 0.483. The van der Waals surface area contributed by atoms with Gasteiger partial charge in [0.2, 0.25) is 6.79 Å². The molecule has 3 amide bonds. The lowest BCUT2D eigenvalue weighted by Gasteiger charge is -2.31. The monoisotopic (exact) mass is 535 g/mol. The summed E-state index contributed by atoms with van der Waals surface area (Å²) >= 11 is 0. The predicted octanol–water partition coefficient (Wildman–Crippen LogP) is 3.07. The normalized spacial score (nSPS) is 18.7. The van der Waals surface area contributed by atoms with Gasteiger partial charge < -0.3 is 24.4 Å². The fourth-order valence-corrected chi connectivity index (χ4v) is 5.05. The van der Waals surface area contributed by atoms with Crippen LogP contribution in [0, 0.1) is 13.8 Å². The highest BCUT2D eigenvalue weighted by Gasteiger charge is 2.35. The third-order valence-electron chi connectivity index (χ3n) is 7.52. The molecule has 0 saturated carbocycles. The lowest BCUT2D eigenvalue weighted by atomic mass is 9.96. The number of nitrogens with zero attached hydrogens (tertiary/aromatic N) is 4. The Hall–Kier alpha value is -3.63. The number of nitrogens with one attached hydrogen (secondary N) is 1. The molecule has 1 N–H and O–H groups in total. The van der Waals surface area contributed by atoms with Gasteiger partial charge in [-0.15, -0.1) is 0 Å². The number of benzene rings is 2. The maximum atomic E-state index is 13.8. The number of rotatable bonds is 8. The van der Waals surface area contributed by atoms with Crippen LogP contribution in [0.1, 0.15) is 41.6 Å². The Morgan fingerprint density at radius 3 is 2.62 bits per heavy atom. The first-order valence-corrected chi connectivity index (χ1v) is 13.6. The van der Waals surface area contributed by atoms with E-state index < -0.39 is 0 Å². The fourth-order valence-electron chi connectivity index (χ4n) is 5.05. The van der Waals surface area contributed by atoms with Crippen LogP contribution in [0.4, 0.5) is 4.79 Å². The molecule has 39 heavy (non-hydrogen) atoms. The lowest BCUT2D eigenvalue weighted by Crippen LogP contribution is -2.49. The Morgan fingerprint density at radius 2 is 1.85 bits per heavy atom. The van der Waals surface area contributed by atoms with Gasteiger partial charge in [-0.05, 0) is 61.2 Å². The van der Waals surface area contributed by atoms with Gasteiger partial charge in [0, 0.05) is 39.1 Å². The van der Waals surface area contributed by atoms with Gasteiger partial charge in [-0.1, -0.05) is 18.2 Å². The van der Waals surface area contributed by atoms with E-state index in [1.165, 1.54) is 11.1 Å². The van der Waals surface area contributed by atoms with E-state index >= 15 is 0 Å². The van der Waals surface area contributed by atoms with E-state index in [2.05, 4.69) is 42.3 Å². The quantitative estimate of drug-likeness (QED) is 0.558. The molecule has 1 atom stereocenters. The molecule has 10 heteroatoms. The largest absolute Gasteiger partial charge is 0.454 e. The number of amides is 3. The zero-order valence-corrected chi connectivity index (χ0v) is 22.9. The second-order valence-electron chi connectivity index (χ2n) is 10.1. The predicted molar refractivity (Wildman–Crippen MR) is 147 cm³/mol. The summed E-state index contributed by atoms with van der Waals surface area (Å²) in [5, 5.41) is 9.23. The molecular formula is C29H37N5O5. The highest BCUT2D eigenvalue weighted by atomic mass is 16.7. The minimum Gasteiger partial charge on any atom is -0.454 e. The number of hydrogen-bond donors (Lipinski definition) is 1. The van der Waals surface area contributed by atoms with E-state index in [0.29, 0.717) is 50.8 Å². The first kappa shape index (κ1) is 27.0. The van der Waals surface area contributed by atoms with Crippen LogP contribution in [0.2, 0.25) is 0 Å². The van der Waals surface area contributed by atoms with Gasteiger partial charge in [-0.25, -0.2) is 9.80 Å². The number of carbonyl (C=O) groups excluding carboxylic acids is 2. The third kappa shape index (κ3) is 6.17. The van der Waals surface area contributed by atoms with Crippen molar-refractivity contribution in [1.82, 2.24) is 20.1 Å². The van der Waals surface area contributed by atoms with Crippen LogP contribution in [-0.4, -0.2) is 91.7 Å². The molecular weight excluding hydrogens is 498 g/mol. The van der Waals surface area contributed by atoms with Crippen LogP contribution in [0.15, 0.2) is 41.5 Å². The molecule has 0 aromatic heterocycles. The Bertz CT molecular complexity index is 1240. The molecule has 0 radical (unpaired) electrons. The molecule has 0 bridgehead atoms. The van der Waals surface area contributed by atoms with E-state index in [0.717, 1.165) is 29.9 Å². The Balaban J connectivity index is 1.39. The van der Waals surface area contributed by atoms with E-state index in [1.54, 1.807) is 9.91 Å². The van der Waals surface area contributed by atoms with Crippen molar-refractivity contribution in [1.29, 1.82) is 0 Å². The lowest BCUT2D eigenvalue weighted by molar-refractivity contribution is -0.133. The highest BCUT2D eigenvalue weighted by molar-refractivity contribution is 6.03. The van der Waals surface area contributed by atoms with Crippen LogP contribution < -0.4 is 14.8 Å². The Labute approximate surface area is 229 Å². The summed E-state index contributed by atoms with van der Waals surface area (Å²) in [7, 11) is 0.